The standard InChI is InChI=1S/C10H9N3S/c1-2-5-9(6-3-1)11-13-12-10-7-4-8-14-10/h1-8H,(H,11,12). The average Bonchev–Trinajstić information content (AvgIpc) is 2.72. The van der Waals surface area contributed by atoms with Gasteiger partial charge in [0.05, 0.1) is 5.69 Å². The van der Waals surface area contributed by atoms with Crippen LogP contribution >= 0.6 is 11.3 Å². The highest BCUT2D eigenvalue weighted by molar-refractivity contribution is 7.13. The van der Waals surface area contributed by atoms with E-state index in [2.05, 4.69) is 15.8 Å². The monoisotopic (exact) mass is 203 g/mol. The average molecular weight is 203 g/mol. The van der Waals surface area contributed by atoms with E-state index in [1.54, 1.807) is 11.3 Å². The largest absolute Gasteiger partial charge is 0.260 e. The lowest BCUT2D eigenvalue weighted by molar-refractivity contribution is 1.14. The van der Waals surface area contributed by atoms with Gasteiger partial charge in [-0.15, -0.1) is 16.5 Å². The van der Waals surface area contributed by atoms with Crippen LogP contribution in [0.25, 0.3) is 0 Å². The maximum atomic E-state index is 3.99. The van der Waals surface area contributed by atoms with Gasteiger partial charge in [-0.25, -0.2) is 0 Å². The van der Waals surface area contributed by atoms with E-state index >= 15 is 0 Å². The lowest BCUT2D eigenvalue weighted by atomic mass is 10.3. The highest BCUT2D eigenvalue weighted by Crippen LogP contribution is 2.19. The van der Waals surface area contributed by atoms with Gasteiger partial charge >= 0.3 is 0 Å². The lowest BCUT2D eigenvalue weighted by Gasteiger charge is -1.95. The topological polar surface area (TPSA) is 36.8 Å². The Balaban J connectivity index is 1.95. The molecular formula is C10H9N3S. The third-order valence-corrected chi connectivity index (χ3v) is 2.36. The second-order valence-electron chi connectivity index (χ2n) is 2.63. The van der Waals surface area contributed by atoms with E-state index in [9.17, 15) is 0 Å². The summed E-state index contributed by atoms with van der Waals surface area (Å²) in [5.74, 6) is 0. The van der Waals surface area contributed by atoms with Crippen LogP contribution in [0.4, 0.5) is 10.7 Å². The summed E-state index contributed by atoms with van der Waals surface area (Å²) in [5.41, 5.74) is 3.79. The van der Waals surface area contributed by atoms with E-state index in [1.165, 1.54) is 0 Å². The van der Waals surface area contributed by atoms with Gasteiger partial charge in [0.25, 0.3) is 0 Å². The Bertz CT molecular complexity index is 395. The molecule has 0 aliphatic rings. The van der Waals surface area contributed by atoms with Crippen molar-refractivity contribution >= 4 is 22.0 Å². The summed E-state index contributed by atoms with van der Waals surface area (Å²) < 4.78 is 0. The van der Waals surface area contributed by atoms with Crippen molar-refractivity contribution in [2.75, 3.05) is 5.43 Å². The molecule has 0 spiro atoms. The highest BCUT2D eigenvalue weighted by Gasteiger charge is 1.88. The molecule has 4 heteroatoms. The normalized spacial score (nSPS) is 10.6. The van der Waals surface area contributed by atoms with E-state index in [0.717, 1.165) is 10.7 Å². The van der Waals surface area contributed by atoms with Gasteiger partial charge in [-0.1, -0.05) is 23.4 Å². The fourth-order valence-corrected chi connectivity index (χ4v) is 1.51. The van der Waals surface area contributed by atoms with Crippen molar-refractivity contribution in [1.82, 2.24) is 0 Å². The van der Waals surface area contributed by atoms with Gasteiger partial charge in [0.15, 0.2) is 0 Å². The predicted molar refractivity (Wildman–Crippen MR) is 58.9 cm³/mol. The molecule has 0 bridgehead atoms. The van der Waals surface area contributed by atoms with E-state index in [1.807, 2.05) is 47.8 Å². The van der Waals surface area contributed by atoms with Crippen LogP contribution in [0.1, 0.15) is 0 Å². The van der Waals surface area contributed by atoms with Crippen molar-refractivity contribution in [3.8, 4) is 0 Å². The minimum Gasteiger partial charge on any atom is -0.260 e. The van der Waals surface area contributed by atoms with E-state index in [0.29, 0.717) is 0 Å². The van der Waals surface area contributed by atoms with Crippen LogP contribution in [0, 0.1) is 0 Å². The molecule has 0 radical (unpaired) electrons. The molecule has 0 saturated heterocycles. The van der Waals surface area contributed by atoms with Crippen molar-refractivity contribution in [2.24, 2.45) is 10.3 Å². The fourth-order valence-electron chi connectivity index (χ4n) is 0.971. The minimum absolute atomic E-state index is 0.897. The van der Waals surface area contributed by atoms with Crippen LogP contribution in [0.2, 0.25) is 0 Å². The van der Waals surface area contributed by atoms with E-state index < -0.39 is 0 Å². The molecule has 0 saturated carbocycles. The molecular weight excluding hydrogens is 194 g/mol. The molecule has 2 aromatic rings. The summed E-state index contributed by atoms with van der Waals surface area (Å²) in [6.45, 7) is 0. The first-order valence-corrected chi connectivity index (χ1v) is 5.08. The summed E-state index contributed by atoms with van der Waals surface area (Å²) >= 11 is 1.56. The third-order valence-electron chi connectivity index (χ3n) is 1.61. The minimum atomic E-state index is 0.897. The summed E-state index contributed by atoms with van der Waals surface area (Å²) in [7, 11) is 0. The summed E-state index contributed by atoms with van der Waals surface area (Å²) in [6, 6.07) is 13.6. The molecule has 14 heavy (non-hydrogen) atoms. The van der Waals surface area contributed by atoms with Crippen LogP contribution in [-0.4, -0.2) is 0 Å². The Kier molecular flexibility index (Phi) is 2.88. The molecule has 0 amide bonds. The van der Waals surface area contributed by atoms with Crippen molar-refractivity contribution in [3.63, 3.8) is 0 Å². The number of hydrogen-bond acceptors (Lipinski definition) is 3. The Morgan fingerprint density at radius 2 is 1.86 bits per heavy atom. The number of hydrogen-bond donors (Lipinski definition) is 1. The smallest absolute Gasteiger partial charge is 0.140 e. The molecule has 0 aliphatic carbocycles. The van der Waals surface area contributed by atoms with Gasteiger partial charge in [0.2, 0.25) is 0 Å². The molecule has 1 heterocycles. The zero-order chi connectivity index (χ0) is 9.64. The fraction of sp³-hybridized carbons (Fsp3) is 0. The molecule has 0 atom stereocenters. The second-order valence-corrected chi connectivity index (χ2v) is 3.56. The zero-order valence-electron chi connectivity index (χ0n) is 7.42. The first-order chi connectivity index (χ1) is 6.95. The molecule has 1 aromatic carbocycles. The number of rotatable bonds is 3. The van der Waals surface area contributed by atoms with Crippen molar-refractivity contribution < 1.29 is 0 Å². The summed E-state index contributed by atoms with van der Waals surface area (Å²) in [4.78, 5) is 0. The van der Waals surface area contributed by atoms with Gasteiger partial charge in [-0.3, -0.25) is 5.43 Å². The Hall–Kier alpha value is -1.68. The number of para-hydroxylation sites is 1. The molecule has 0 aliphatic heterocycles. The Labute approximate surface area is 86.1 Å². The Morgan fingerprint density at radius 1 is 1.00 bits per heavy atom. The number of benzene rings is 1. The zero-order valence-corrected chi connectivity index (χ0v) is 8.24. The van der Waals surface area contributed by atoms with Crippen LogP contribution in [0.5, 0.6) is 0 Å². The molecule has 2 rings (SSSR count). The van der Waals surface area contributed by atoms with E-state index in [4.69, 9.17) is 0 Å². The first kappa shape index (κ1) is 8.90. The molecule has 70 valence electrons. The third kappa shape index (κ3) is 2.40. The molecule has 1 N–H and O–H groups in total. The van der Waals surface area contributed by atoms with Gasteiger partial charge in [0, 0.05) is 0 Å². The van der Waals surface area contributed by atoms with Gasteiger partial charge in [0.1, 0.15) is 5.00 Å². The van der Waals surface area contributed by atoms with Crippen molar-refractivity contribution in [1.29, 1.82) is 0 Å². The number of thiophene rings is 1. The molecule has 0 fully saturated rings. The highest BCUT2D eigenvalue weighted by atomic mass is 32.1. The van der Waals surface area contributed by atoms with Gasteiger partial charge in [-0.2, -0.15) is 0 Å². The second kappa shape index (κ2) is 4.53. The maximum Gasteiger partial charge on any atom is 0.140 e. The van der Waals surface area contributed by atoms with Gasteiger partial charge < -0.3 is 0 Å². The van der Waals surface area contributed by atoms with Crippen LogP contribution in [-0.2, 0) is 0 Å². The van der Waals surface area contributed by atoms with Crippen LogP contribution < -0.4 is 5.43 Å². The summed E-state index contributed by atoms with van der Waals surface area (Å²) in [5, 5.41) is 10.7. The van der Waals surface area contributed by atoms with Gasteiger partial charge in [-0.05, 0) is 29.6 Å². The van der Waals surface area contributed by atoms with Crippen molar-refractivity contribution in [3.05, 3.63) is 47.8 Å². The Morgan fingerprint density at radius 3 is 2.57 bits per heavy atom. The first-order valence-electron chi connectivity index (χ1n) is 4.20. The van der Waals surface area contributed by atoms with Crippen LogP contribution in [0.3, 0.4) is 0 Å². The molecule has 0 unspecified atom stereocenters. The number of nitrogens with one attached hydrogen (secondary N) is 1. The predicted octanol–water partition coefficient (Wildman–Crippen LogP) is 3.86. The van der Waals surface area contributed by atoms with E-state index in [-0.39, 0.29) is 0 Å². The molecule has 3 nitrogen and oxygen atoms in total. The lowest BCUT2D eigenvalue weighted by Crippen LogP contribution is -1.83. The van der Waals surface area contributed by atoms with Crippen LogP contribution in [0.15, 0.2) is 58.2 Å². The quantitative estimate of drug-likeness (QED) is 0.596. The maximum absolute atomic E-state index is 3.99. The SMILES string of the molecule is c1ccc(N/N=N/c2cccs2)cc1. The number of nitrogens with zero attached hydrogens (tertiary/aromatic N) is 2. The van der Waals surface area contributed by atoms with Crippen molar-refractivity contribution in [2.45, 2.75) is 0 Å². The molecule has 1 aromatic heterocycles. The summed E-state index contributed by atoms with van der Waals surface area (Å²) in [6.07, 6.45) is 0. The number of anilines is 1.